The van der Waals surface area contributed by atoms with Crippen LogP contribution in [0.5, 0.6) is 0 Å². The maximum absolute atomic E-state index is 14.0. The van der Waals surface area contributed by atoms with Gasteiger partial charge >= 0.3 is 35.8 Å². The summed E-state index contributed by atoms with van der Waals surface area (Å²) in [5.74, 6) is -9.17. The predicted octanol–water partition coefficient (Wildman–Crippen LogP) is 3.01. The predicted molar refractivity (Wildman–Crippen MR) is 174 cm³/mol. The highest BCUT2D eigenvalue weighted by Crippen LogP contribution is 2.71. The SMILES string of the molecule is C=C(C)C1(OC(=O)c2ccccc2)C(OC(C)=O)C(C)C2(O)C(C(OC(C)=O)C3(C)OC4(C(OC(C)=O)C(C)CC24)C3OC(C)=O)C1OC(C)=O. The molecule has 14 nitrogen and oxygen atoms in total. The van der Waals surface area contributed by atoms with Crippen molar-refractivity contribution in [2.45, 2.75) is 122 Å². The Kier molecular flexibility index (Phi) is 9.70. The molecule has 0 radical (unpaired) electrons. The van der Waals surface area contributed by atoms with Gasteiger partial charge in [-0.2, -0.15) is 0 Å². The zero-order valence-electron chi connectivity index (χ0n) is 30.3. The highest BCUT2D eigenvalue weighted by atomic mass is 16.7. The Hall–Kier alpha value is -4.30. The lowest BCUT2D eigenvalue weighted by Crippen LogP contribution is -2.80. The minimum Gasteiger partial charge on any atom is -0.459 e. The molecule has 5 fully saturated rings. The molecule has 1 N–H and O–H groups in total. The van der Waals surface area contributed by atoms with Gasteiger partial charge in [0.25, 0.3) is 0 Å². The Balaban J connectivity index is 1.89. The van der Waals surface area contributed by atoms with Crippen LogP contribution >= 0.6 is 0 Å². The monoisotopic (exact) mass is 714 g/mol. The summed E-state index contributed by atoms with van der Waals surface area (Å²) in [6.45, 7) is 16.2. The lowest BCUT2D eigenvalue weighted by molar-refractivity contribution is -0.391. The van der Waals surface area contributed by atoms with Crippen LogP contribution in [0.2, 0.25) is 0 Å². The second kappa shape index (κ2) is 13.0. The van der Waals surface area contributed by atoms with Crippen molar-refractivity contribution in [2.24, 2.45) is 23.7 Å². The number of rotatable bonds is 8. The smallest absolute Gasteiger partial charge is 0.339 e. The summed E-state index contributed by atoms with van der Waals surface area (Å²) in [7, 11) is 0. The van der Waals surface area contributed by atoms with E-state index in [1.165, 1.54) is 39.8 Å². The molecule has 2 aliphatic heterocycles. The molecule has 1 aromatic carbocycles. The van der Waals surface area contributed by atoms with Gasteiger partial charge < -0.3 is 38.3 Å². The van der Waals surface area contributed by atoms with Crippen LogP contribution in [-0.2, 0) is 57.1 Å². The summed E-state index contributed by atoms with van der Waals surface area (Å²) in [5.41, 5.74) is -7.70. The van der Waals surface area contributed by atoms with Crippen molar-refractivity contribution in [2.75, 3.05) is 0 Å². The van der Waals surface area contributed by atoms with Gasteiger partial charge in [0.05, 0.1) is 17.1 Å². The van der Waals surface area contributed by atoms with E-state index in [1.807, 2.05) is 0 Å². The summed E-state index contributed by atoms with van der Waals surface area (Å²) in [5, 5.41) is 13.6. The molecule has 2 saturated heterocycles. The van der Waals surface area contributed by atoms with Gasteiger partial charge in [-0.1, -0.05) is 38.6 Å². The minimum absolute atomic E-state index is 0.0752. The first-order chi connectivity index (χ1) is 23.7. The van der Waals surface area contributed by atoms with Crippen LogP contribution < -0.4 is 0 Å². The number of hydrogen-bond donors (Lipinski definition) is 1. The maximum atomic E-state index is 14.0. The molecular formula is C37H46O14. The van der Waals surface area contributed by atoms with Gasteiger partial charge in [0.2, 0.25) is 5.60 Å². The summed E-state index contributed by atoms with van der Waals surface area (Å²) < 4.78 is 43.1. The number of aliphatic hydroxyl groups is 1. The summed E-state index contributed by atoms with van der Waals surface area (Å²) in [6, 6.07) is 7.92. The number of carbonyl (C=O) groups is 6. The fourth-order valence-corrected chi connectivity index (χ4v) is 9.63. The summed E-state index contributed by atoms with van der Waals surface area (Å²) in [4.78, 5) is 78.5. The first kappa shape index (κ1) is 37.9. The number of ether oxygens (including phenoxy) is 7. The standard InChI is InChI=1S/C37H46O14/c1-17(2)36(50-32(43)25-14-12-11-13-15-25)29(46-21(6)39)19(4)35(44)26-16-18(3)28(45-20(5)38)37(26)33(49-24(9)42)34(10,51-37)30(47-22(7)40)27(35)31(36)48-23(8)41/h11-15,18-19,26-31,33,44H,1,16H2,2-10H3. The Bertz CT molecular complexity index is 1640. The van der Waals surface area contributed by atoms with Crippen molar-refractivity contribution in [3.63, 3.8) is 0 Å². The molecule has 1 aromatic rings. The molecule has 0 aromatic heterocycles. The van der Waals surface area contributed by atoms with Gasteiger partial charge in [-0.3, -0.25) is 24.0 Å². The summed E-state index contributed by atoms with van der Waals surface area (Å²) in [6.07, 6.45) is -7.17. The van der Waals surface area contributed by atoms with Crippen LogP contribution in [0.3, 0.4) is 0 Å². The van der Waals surface area contributed by atoms with Gasteiger partial charge in [0, 0.05) is 46.5 Å². The van der Waals surface area contributed by atoms with Gasteiger partial charge in [-0.25, -0.2) is 4.79 Å². The fourth-order valence-electron chi connectivity index (χ4n) is 9.63. The van der Waals surface area contributed by atoms with E-state index in [0.29, 0.717) is 0 Å². The second-order valence-corrected chi connectivity index (χ2v) is 14.5. The van der Waals surface area contributed by atoms with Gasteiger partial charge in [0.15, 0.2) is 23.9 Å². The Morgan fingerprint density at radius 2 is 1.24 bits per heavy atom. The Morgan fingerprint density at radius 1 is 0.745 bits per heavy atom. The van der Waals surface area contributed by atoms with Crippen LogP contribution in [0, 0.1) is 23.7 Å². The Labute approximate surface area is 296 Å². The van der Waals surface area contributed by atoms with Crippen LogP contribution in [-0.4, -0.2) is 93.8 Å². The molecule has 278 valence electrons. The molecule has 3 aliphatic carbocycles. The molecule has 2 heterocycles. The van der Waals surface area contributed by atoms with Gasteiger partial charge in [0.1, 0.15) is 17.8 Å². The number of hydrogen-bond acceptors (Lipinski definition) is 14. The Morgan fingerprint density at radius 3 is 1.75 bits per heavy atom. The van der Waals surface area contributed by atoms with Crippen molar-refractivity contribution in [1.82, 2.24) is 0 Å². The van der Waals surface area contributed by atoms with E-state index in [4.69, 9.17) is 33.2 Å². The van der Waals surface area contributed by atoms with Crippen molar-refractivity contribution < 1.29 is 67.0 Å². The number of esters is 6. The normalized spacial score (nSPS) is 40.5. The van der Waals surface area contributed by atoms with E-state index in [-0.39, 0.29) is 17.6 Å². The van der Waals surface area contributed by atoms with E-state index in [9.17, 15) is 33.9 Å². The molecule has 13 atom stereocenters. The van der Waals surface area contributed by atoms with Crippen LogP contribution in [0.25, 0.3) is 0 Å². The number of benzene rings is 1. The van der Waals surface area contributed by atoms with E-state index in [1.54, 1.807) is 32.0 Å². The van der Waals surface area contributed by atoms with Crippen molar-refractivity contribution in [3.8, 4) is 0 Å². The molecular weight excluding hydrogens is 668 g/mol. The molecule has 14 heteroatoms. The largest absolute Gasteiger partial charge is 0.459 e. The van der Waals surface area contributed by atoms with Crippen molar-refractivity contribution in [1.29, 1.82) is 0 Å². The lowest BCUT2D eigenvalue weighted by Gasteiger charge is -2.62. The first-order valence-corrected chi connectivity index (χ1v) is 16.9. The summed E-state index contributed by atoms with van der Waals surface area (Å²) >= 11 is 0. The topological polar surface area (TPSA) is 187 Å². The third kappa shape index (κ3) is 5.61. The number of carbonyl (C=O) groups excluding carboxylic acids is 6. The third-order valence-electron chi connectivity index (χ3n) is 11.2. The van der Waals surface area contributed by atoms with E-state index in [2.05, 4.69) is 6.58 Å². The second-order valence-electron chi connectivity index (χ2n) is 14.5. The fraction of sp³-hybridized carbons (Fsp3) is 0.622. The molecule has 1 spiro atoms. The molecule has 2 bridgehead atoms. The quantitative estimate of drug-likeness (QED) is 0.235. The third-order valence-corrected chi connectivity index (χ3v) is 11.2. The van der Waals surface area contributed by atoms with Crippen molar-refractivity contribution >= 4 is 35.8 Å². The highest BCUT2D eigenvalue weighted by molar-refractivity contribution is 5.90. The molecule has 5 aliphatic rings. The zero-order chi connectivity index (χ0) is 38.0. The maximum Gasteiger partial charge on any atom is 0.339 e. The zero-order valence-corrected chi connectivity index (χ0v) is 30.3. The molecule has 3 saturated carbocycles. The van der Waals surface area contributed by atoms with Crippen molar-refractivity contribution in [3.05, 3.63) is 48.0 Å². The van der Waals surface area contributed by atoms with Crippen LogP contribution in [0.4, 0.5) is 0 Å². The molecule has 0 amide bonds. The van der Waals surface area contributed by atoms with Crippen LogP contribution in [0.15, 0.2) is 42.5 Å². The molecule has 13 unspecified atom stereocenters. The van der Waals surface area contributed by atoms with Gasteiger partial charge in [-0.15, -0.1) is 0 Å². The van der Waals surface area contributed by atoms with Gasteiger partial charge in [-0.05, 0) is 43.9 Å². The van der Waals surface area contributed by atoms with E-state index < -0.39 is 112 Å². The van der Waals surface area contributed by atoms with E-state index in [0.717, 1.165) is 20.8 Å². The minimum atomic E-state index is -2.20. The van der Waals surface area contributed by atoms with Crippen LogP contribution in [0.1, 0.15) is 79.1 Å². The molecule has 6 rings (SSSR count). The average Bonchev–Trinajstić information content (AvgIpc) is 3.25. The van der Waals surface area contributed by atoms with E-state index >= 15 is 0 Å². The first-order valence-electron chi connectivity index (χ1n) is 16.9. The highest BCUT2D eigenvalue weighted by Gasteiger charge is 2.89. The average molecular weight is 715 g/mol. The molecule has 51 heavy (non-hydrogen) atoms. The lowest BCUT2D eigenvalue weighted by atomic mass is 9.52.